The SMILES string of the molecule is CCOC(C)c1nnc(C(C)OCC)n1N=Cc1ccccc1. The molecular weight excluding hydrogens is 292 g/mol. The molecule has 2 rings (SSSR count). The molecule has 0 amide bonds. The van der Waals surface area contributed by atoms with E-state index in [0.29, 0.717) is 24.9 Å². The molecule has 1 aromatic heterocycles. The fraction of sp³-hybridized carbons (Fsp3) is 0.471. The number of nitrogens with zero attached hydrogens (tertiary/aromatic N) is 4. The van der Waals surface area contributed by atoms with Crippen LogP contribution in [0.4, 0.5) is 0 Å². The smallest absolute Gasteiger partial charge is 0.183 e. The van der Waals surface area contributed by atoms with Crippen LogP contribution in [0, 0.1) is 0 Å². The molecule has 6 nitrogen and oxygen atoms in total. The van der Waals surface area contributed by atoms with Gasteiger partial charge in [-0.05, 0) is 33.3 Å². The summed E-state index contributed by atoms with van der Waals surface area (Å²) in [5, 5.41) is 13.0. The van der Waals surface area contributed by atoms with E-state index in [2.05, 4.69) is 15.3 Å². The van der Waals surface area contributed by atoms with Gasteiger partial charge in [-0.3, -0.25) is 0 Å². The third kappa shape index (κ3) is 4.46. The standard InChI is InChI=1S/C17H24N4O2/c1-5-22-13(3)16-19-20-17(14(4)23-6-2)21(16)18-12-15-10-8-7-9-11-15/h7-14H,5-6H2,1-4H3. The molecule has 0 saturated carbocycles. The third-order valence-corrected chi connectivity index (χ3v) is 3.37. The zero-order valence-corrected chi connectivity index (χ0v) is 14.1. The zero-order valence-electron chi connectivity index (χ0n) is 14.1. The number of aromatic nitrogens is 3. The molecule has 2 unspecified atom stereocenters. The van der Waals surface area contributed by atoms with Crippen LogP contribution >= 0.6 is 0 Å². The fourth-order valence-electron chi connectivity index (χ4n) is 2.24. The molecule has 0 radical (unpaired) electrons. The first-order chi connectivity index (χ1) is 11.2. The minimum Gasteiger partial charge on any atom is -0.371 e. The second kappa shape index (κ2) is 8.55. The Balaban J connectivity index is 2.35. The fourth-order valence-corrected chi connectivity index (χ4v) is 2.24. The molecule has 0 spiro atoms. The normalized spacial score (nSPS) is 14.3. The first kappa shape index (κ1) is 17.3. The van der Waals surface area contributed by atoms with Gasteiger partial charge in [0.15, 0.2) is 11.6 Å². The number of benzene rings is 1. The van der Waals surface area contributed by atoms with Gasteiger partial charge < -0.3 is 9.47 Å². The lowest BCUT2D eigenvalue weighted by molar-refractivity contribution is 0.0609. The summed E-state index contributed by atoms with van der Waals surface area (Å²) in [6.07, 6.45) is 1.40. The zero-order chi connectivity index (χ0) is 16.7. The van der Waals surface area contributed by atoms with Crippen LogP contribution in [0.2, 0.25) is 0 Å². The number of hydrogen-bond donors (Lipinski definition) is 0. The Morgan fingerprint density at radius 2 is 1.52 bits per heavy atom. The van der Waals surface area contributed by atoms with E-state index in [0.717, 1.165) is 5.56 Å². The van der Waals surface area contributed by atoms with E-state index in [1.165, 1.54) is 0 Å². The lowest BCUT2D eigenvalue weighted by Gasteiger charge is -2.14. The maximum absolute atomic E-state index is 5.64. The van der Waals surface area contributed by atoms with Gasteiger partial charge in [-0.25, -0.2) is 0 Å². The average Bonchev–Trinajstić information content (AvgIpc) is 2.98. The van der Waals surface area contributed by atoms with Crippen molar-refractivity contribution in [3.05, 3.63) is 47.5 Å². The Labute approximate surface area is 137 Å². The van der Waals surface area contributed by atoms with Crippen LogP contribution < -0.4 is 0 Å². The van der Waals surface area contributed by atoms with Gasteiger partial charge in [-0.2, -0.15) is 9.78 Å². The van der Waals surface area contributed by atoms with Crippen LogP contribution in [0.25, 0.3) is 0 Å². The lowest BCUT2D eigenvalue weighted by atomic mass is 10.2. The van der Waals surface area contributed by atoms with Crippen molar-refractivity contribution in [2.24, 2.45) is 5.10 Å². The monoisotopic (exact) mass is 316 g/mol. The summed E-state index contributed by atoms with van der Waals surface area (Å²) in [5.41, 5.74) is 1.01. The van der Waals surface area contributed by atoms with Gasteiger partial charge in [0.1, 0.15) is 12.2 Å². The Hall–Kier alpha value is -2.05. The highest BCUT2D eigenvalue weighted by molar-refractivity contribution is 5.79. The van der Waals surface area contributed by atoms with Crippen LogP contribution in [0.5, 0.6) is 0 Å². The molecule has 0 aliphatic rings. The largest absolute Gasteiger partial charge is 0.371 e. The van der Waals surface area contributed by atoms with Crippen LogP contribution in [-0.4, -0.2) is 34.3 Å². The number of hydrogen-bond acceptors (Lipinski definition) is 5. The Morgan fingerprint density at radius 3 is 2.00 bits per heavy atom. The molecule has 0 aliphatic heterocycles. The van der Waals surface area contributed by atoms with E-state index in [4.69, 9.17) is 9.47 Å². The van der Waals surface area contributed by atoms with Crippen molar-refractivity contribution in [3.8, 4) is 0 Å². The number of rotatable bonds is 8. The van der Waals surface area contributed by atoms with Gasteiger partial charge in [-0.15, -0.1) is 10.2 Å². The van der Waals surface area contributed by atoms with Crippen LogP contribution in [-0.2, 0) is 9.47 Å². The van der Waals surface area contributed by atoms with Gasteiger partial charge in [0.25, 0.3) is 0 Å². The molecule has 6 heteroatoms. The van der Waals surface area contributed by atoms with E-state index >= 15 is 0 Å². The van der Waals surface area contributed by atoms with Gasteiger partial charge >= 0.3 is 0 Å². The molecule has 0 fully saturated rings. The van der Waals surface area contributed by atoms with E-state index < -0.39 is 0 Å². The molecule has 2 aromatic rings. The van der Waals surface area contributed by atoms with Crippen molar-refractivity contribution in [1.82, 2.24) is 14.9 Å². The highest BCUT2D eigenvalue weighted by Crippen LogP contribution is 2.21. The van der Waals surface area contributed by atoms with Gasteiger partial charge in [0, 0.05) is 13.2 Å². The highest BCUT2D eigenvalue weighted by Gasteiger charge is 2.21. The predicted octanol–water partition coefficient (Wildman–Crippen LogP) is 3.36. The van der Waals surface area contributed by atoms with Crippen LogP contribution in [0.1, 0.15) is 57.1 Å². The highest BCUT2D eigenvalue weighted by atomic mass is 16.5. The first-order valence-electron chi connectivity index (χ1n) is 7.95. The first-order valence-corrected chi connectivity index (χ1v) is 7.95. The lowest BCUT2D eigenvalue weighted by Crippen LogP contribution is -2.12. The van der Waals surface area contributed by atoms with Gasteiger partial charge in [0.05, 0.1) is 6.21 Å². The average molecular weight is 316 g/mol. The Morgan fingerprint density at radius 1 is 1.00 bits per heavy atom. The molecule has 0 aliphatic carbocycles. The quantitative estimate of drug-likeness (QED) is 0.701. The molecule has 0 saturated heterocycles. The molecule has 0 bridgehead atoms. The van der Waals surface area contributed by atoms with Crippen molar-refractivity contribution in [3.63, 3.8) is 0 Å². The van der Waals surface area contributed by atoms with Crippen LogP contribution in [0.15, 0.2) is 35.4 Å². The van der Waals surface area contributed by atoms with Crippen molar-refractivity contribution in [2.45, 2.75) is 39.9 Å². The second-order valence-electron chi connectivity index (χ2n) is 5.08. The molecule has 1 heterocycles. The maximum Gasteiger partial charge on any atom is 0.183 e. The minimum absolute atomic E-state index is 0.192. The third-order valence-electron chi connectivity index (χ3n) is 3.37. The number of ether oxygens (including phenoxy) is 2. The Kier molecular flexibility index (Phi) is 6.43. The molecule has 2 atom stereocenters. The van der Waals surface area contributed by atoms with Crippen molar-refractivity contribution >= 4 is 6.21 Å². The minimum atomic E-state index is -0.192. The molecule has 1 aromatic carbocycles. The van der Waals surface area contributed by atoms with Crippen LogP contribution in [0.3, 0.4) is 0 Å². The summed E-state index contributed by atoms with van der Waals surface area (Å²) in [6, 6.07) is 9.90. The predicted molar refractivity (Wildman–Crippen MR) is 89.5 cm³/mol. The van der Waals surface area contributed by atoms with E-state index in [-0.39, 0.29) is 12.2 Å². The molecule has 0 N–H and O–H groups in total. The van der Waals surface area contributed by atoms with Gasteiger partial charge in [-0.1, -0.05) is 30.3 Å². The van der Waals surface area contributed by atoms with E-state index in [1.807, 2.05) is 58.0 Å². The van der Waals surface area contributed by atoms with Crippen molar-refractivity contribution in [1.29, 1.82) is 0 Å². The van der Waals surface area contributed by atoms with E-state index in [1.54, 1.807) is 10.9 Å². The second-order valence-corrected chi connectivity index (χ2v) is 5.08. The summed E-state index contributed by atoms with van der Waals surface area (Å²) >= 11 is 0. The van der Waals surface area contributed by atoms with Gasteiger partial charge in [0.2, 0.25) is 0 Å². The Bertz CT molecular complexity index is 595. The summed E-state index contributed by atoms with van der Waals surface area (Å²) in [5.74, 6) is 1.33. The molecule has 23 heavy (non-hydrogen) atoms. The maximum atomic E-state index is 5.64. The molecule has 124 valence electrons. The van der Waals surface area contributed by atoms with E-state index in [9.17, 15) is 0 Å². The summed E-state index contributed by atoms with van der Waals surface area (Å²) in [4.78, 5) is 0. The topological polar surface area (TPSA) is 61.5 Å². The van der Waals surface area contributed by atoms with Crippen molar-refractivity contribution in [2.75, 3.05) is 13.2 Å². The summed E-state index contributed by atoms with van der Waals surface area (Å²) in [6.45, 7) is 9.00. The molecular formula is C17H24N4O2. The summed E-state index contributed by atoms with van der Waals surface area (Å²) < 4.78 is 13.0. The van der Waals surface area contributed by atoms with Crippen molar-refractivity contribution < 1.29 is 9.47 Å². The summed E-state index contributed by atoms with van der Waals surface area (Å²) in [7, 11) is 0.